The van der Waals surface area contributed by atoms with Crippen LogP contribution >= 0.6 is 0 Å². The molecule has 0 bridgehead atoms. The number of aliphatic hydroxyl groups excluding tert-OH is 2. The summed E-state index contributed by atoms with van der Waals surface area (Å²) in [6, 6.07) is 0. The summed E-state index contributed by atoms with van der Waals surface area (Å²) in [5.74, 6) is 1.72. The van der Waals surface area contributed by atoms with Crippen LogP contribution in [0.3, 0.4) is 0 Å². The zero-order valence-electron chi connectivity index (χ0n) is 22.6. The maximum absolute atomic E-state index is 10.8. The highest BCUT2D eigenvalue weighted by molar-refractivity contribution is 5.38. The maximum atomic E-state index is 10.8. The fourth-order valence-corrected chi connectivity index (χ4v) is 10.2. The van der Waals surface area contributed by atoms with Crippen LogP contribution in [0.4, 0.5) is 0 Å². The van der Waals surface area contributed by atoms with E-state index in [1.165, 1.54) is 38.5 Å². The number of hydrogen-bond donors (Lipinski definition) is 2. The van der Waals surface area contributed by atoms with Crippen LogP contribution in [0, 0.1) is 39.4 Å². The van der Waals surface area contributed by atoms with Crippen molar-refractivity contribution in [2.24, 2.45) is 39.4 Å². The van der Waals surface area contributed by atoms with Gasteiger partial charge in [0, 0.05) is 6.42 Å². The molecule has 0 unspecified atom stereocenters. The number of fused-ring (bicyclic) bond motifs is 4. The quantitative estimate of drug-likeness (QED) is 0.455. The lowest BCUT2D eigenvalue weighted by atomic mass is 9.43. The normalized spacial score (nSPS) is 51.6. The Bertz CT molecular complexity index is 841. The van der Waals surface area contributed by atoms with Crippen molar-refractivity contribution < 1.29 is 14.9 Å². The summed E-state index contributed by atoms with van der Waals surface area (Å²) >= 11 is 0. The van der Waals surface area contributed by atoms with Crippen molar-refractivity contribution in [1.82, 2.24) is 0 Å². The summed E-state index contributed by atoms with van der Waals surface area (Å²) in [7, 11) is 0. The van der Waals surface area contributed by atoms with Crippen molar-refractivity contribution in [3.05, 3.63) is 11.1 Å². The second kappa shape index (κ2) is 7.32. The highest BCUT2D eigenvalue weighted by Crippen LogP contribution is 2.72. The first-order chi connectivity index (χ1) is 15.2. The average Bonchev–Trinajstić information content (AvgIpc) is 3.17. The molecule has 9 atom stereocenters. The molecular formula is C30H50O3. The highest BCUT2D eigenvalue weighted by Gasteiger charge is 2.64. The van der Waals surface area contributed by atoms with Gasteiger partial charge in [0.25, 0.3) is 0 Å². The third-order valence-electron chi connectivity index (χ3n) is 12.7. The molecule has 2 N–H and O–H groups in total. The van der Waals surface area contributed by atoms with E-state index in [0.29, 0.717) is 23.2 Å². The van der Waals surface area contributed by atoms with E-state index in [4.69, 9.17) is 4.74 Å². The standard InChI is InChI=1S/C30H50O3/c1-18(22-17-25(32)27(4,5)33-22)19-11-15-30(8)21-9-10-23-26(2,3)24(31)13-14-28(23,6)20(21)12-16-29(19,30)7/h18-19,22-25,31-32H,9-17H2,1-8H3/t18-,19+,22-,23-,24-,25-,28+,29+,30-/m0/s1. The maximum Gasteiger partial charge on any atom is 0.0889 e. The summed E-state index contributed by atoms with van der Waals surface area (Å²) in [5, 5.41) is 21.4. The number of aliphatic hydroxyl groups is 2. The summed E-state index contributed by atoms with van der Waals surface area (Å²) in [5.41, 5.74) is 4.03. The van der Waals surface area contributed by atoms with Gasteiger partial charge >= 0.3 is 0 Å². The molecule has 1 aliphatic heterocycles. The summed E-state index contributed by atoms with van der Waals surface area (Å²) < 4.78 is 6.43. The van der Waals surface area contributed by atoms with E-state index in [0.717, 1.165) is 19.3 Å². The van der Waals surface area contributed by atoms with Crippen molar-refractivity contribution in [3.63, 3.8) is 0 Å². The molecule has 3 nitrogen and oxygen atoms in total. The molecule has 3 fully saturated rings. The molecule has 4 aliphatic carbocycles. The SMILES string of the molecule is C[C@H]([C@@H]1C[C@H](O)C(C)(C)O1)[C@H]1CC[C@@]2(C)C3=C(CC[C@]12C)[C@@]1(C)CC[C@H](O)C(C)(C)[C@@H]1CC3. The minimum absolute atomic E-state index is 0.00730. The van der Waals surface area contributed by atoms with Gasteiger partial charge in [-0.05, 0) is 105 Å². The van der Waals surface area contributed by atoms with Gasteiger partial charge in [-0.1, -0.05) is 52.7 Å². The molecule has 5 aliphatic rings. The van der Waals surface area contributed by atoms with Crippen molar-refractivity contribution >= 4 is 0 Å². The summed E-state index contributed by atoms with van der Waals surface area (Å²) in [4.78, 5) is 0. The summed E-state index contributed by atoms with van der Waals surface area (Å²) in [6.45, 7) is 18.9. The zero-order chi connectivity index (χ0) is 24.2. The predicted octanol–water partition coefficient (Wildman–Crippen LogP) is 6.66. The van der Waals surface area contributed by atoms with Crippen LogP contribution in [0.25, 0.3) is 0 Å². The van der Waals surface area contributed by atoms with E-state index in [9.17, 15) is 10.2 Å². The molecule has 0 aromatic heterocycles. The van der Waals surface area contributed by atoms with Crippen LogP contribution < -0.4 is 0 Å². The Labute approximate surface area is 202 Å². The molecule has 0 aromatic carbocycles. The van der Waals surface area contributed by atoms with E-state index in [1.807, 2.05) is 19.4 Å². The van der Waals surface area contributed by atoms with E-state index in [2.05, 4.69) is 41.5 Å². The highest BCUT2D eigenvalue weighted by atomic mass is 16.5. The fourth-order valence-electron chi connectivity index (χ4n) is 10.2. The third kappa shape index (κ3) is 3.10. The Hall–Kier alpha value is -0.380. The van der Waals surface area contributed by atoms with Crippen molar-refractivity contribution in [2.75, 3.05) is 0 Å². The van der Waals surface area contributed by atoms with Crippen molar-refractivity contribution in [1.29, 1.82) is 0 Å². The topological polar surface area (TPSA) is 49.7 Å². The Morgan fingerprint density at radius 2 is 1.52 bits per heavy atom. The van der Waals surface area contributed by atoms with Crippen LogP contribution in [-0.2, 0) is 4.74 Å². The van der Waals surface area contributed by atoms with E-state index < -0.39 is 5.60 Å². The minimum atomic E-state index is -0.421. The predicted molar refractivity (Wildman–Crippen MR) is 134 cm³/mol. The lowest BCUT2D eigenvalue weighted by Gasteiger charge is -2.62. The molecule has 0 spiro atoms. The molecule has 0 amide bonds. The molecule has 0 radical (unpaired) electrons. The smallest absolute Gasteiger partial charge is 0.0889 e. The van der Waals surface area contributed by atoms with Gasteiger partial charge in [-0.25, -0.2) is 0 Å². The molecule has 1 saturated heterocycles. The second-order valence-electron chi connectivity index (χ2n) is 14.6. The van der Waals surface area contributed by atoms with E-state index in [-0.39, 0.29) is 34.6 Å². The second-order valence-corrected chi connectivity index (χ2v) is 14.6. The van der Waals surface area contributed by atoms with Gasteiger partial charge in [0.1, 0.15) is 0 Å². The number of rotatable bonds is 2. The molecule has 188 valence electrons. The zero-order valence-corrected chi connectivity index (χ0v) is 22.6. The van der Waals surface area contributed by atoms with Crippen LogP contribution in [0.2, 0.25) is 0 Å². The number of hydrogen-bond acceptors (Lipinski definition) is 3. The van der Waals surface area contributed by atoms with E-state index >= 15 is 0 Å². The first-order valence-corrected chi connectivity index (χ1v) is 14.0. The van der Waals surface area contributed by atoms with Gasteiger partial charge in [0.2, 0.25) is 0 Å². The van der Waals surface area contributed by atoms with Crippen molar-refractivity contribution in [3.8, 4) is 0 Å². The molecule has 1 heterocycles. The number of ether oxygens (including phenoxy) is 1. The monoisotopic (exact) mass is 458 g/mol. The Morgan fingerprint density at radius 1 is 0.818 bits per heavy atom. The van der Waals surface area contributed by atoms with Crippen LogP contribution in [-0.4, -0.2) is 34.1 Å². The van der Waals surface area contributed by atoms with Gasteiger partial charge in [-0.3, -0.25) is 0 Å². The van der Waals surface area contributed by atoms with Crippen LogP contribution in [0.15, 0.2) is 11.1 Å². The minimum Gasteiger partial charge on any atom is -0.393 e. The molecule has 33 heavy (non-hydrogen) atoms. The van der Waals surface area contributed by atoms with Crippen LogP contribution in [0.5, 0.6) is 0 Å². The first kappa shape index (κ1) is 24.3. The van der Waals surface area contributed by atoms with Gasteiger partial charge in [-0.15, -0.1) is 0 Å². The lowest BCUT2D eigenvalue weighted by Crippen LogP contribution is -2.55. The summed E-state index contributed by atoms with van der Waals surface area (Å²) in [6.07, 6.45) is 10.1. The van der Waals surface area contributed by atoms with Gasteiger partial charge < -0.3 is 14.9 Å². The first-order valence-electron chi connectivity index (χ1n) is 14.0. The molecule has 3 heteroatoms. The van der Waals surface area contributed by atoms with Gasteiger partial charge in [0.15, 0.2) is 0 Å². The molecular weight excluding hydrogens is 408 g/mol. The molecule has 0 aromatic rings. The number of allylic oxidation sites excluding steroid dienone is 2. The van der Waals surface area contributed by atoms with Crippen molar-refractivity contribution in [2.45, 2.75) is 137 Å². The Kier molecular flexibility index (Phi) is 5.40. The van der Waals surface area contributed by atoms with Gasteiger partial charge in [-0.2, -0.15) is 0 Å². The third-order valence-corrected chi connectivity index (χ3v) is 12.7. The lowest BCUT2D eigenvalue weighted by molar-refractivity contribution is -0.101. The fraction of sp³-hybridized carbons (Fsp3) is 0.933. The molecule has 5 rings (SSSR count). The van der Waals surface area contributed by atoms with E-state index in [1.54, 1.807) is 5.57 Å². The largest absolute Gasteiger partial charge is 0.393 e. The Balaban J connectivity index is 1.47. The Morgan fingerprint density at radius 3 is 2.15 bits per heavy atom. The average molecular weight is 459 g/mol. The molecule has 2 saturated carbocycles. The van der Waals surface area contributed by atoms with Crippen LogP contribution in [0.1, 0.15) is 113 Å². The van der Waals surface area contributed by atoms with Gasteiger partial charge in [0.05, 0.1) is 23.9 Å².